The first-order chi connectivity index (χ1) is 14.7. The van der Waals surface area contributed by atoms with E-state index in [2.05, 4.69) is 19.9 Å². The molecule has 1 heterocycles. The van der Waals surface area contributed by atoms with Crippen molar-refractivity contribution in [2.45, 2.75) is 76.6 Å². The van der Waals surface area contributed by atoms with Gasteiger partial charge in [0.05, 0.1) is 12.0 Å². The molecule has 31 heavy (non-hydrogen) atoms. The number of epoxide rings is 1. The summed E-state index contributed by atoms with van der Waals surface area (Å²) < 4.78 is 12.5. The fourth-order valence-corrected chi connectivity index (χ4v) is 8.25. The van der Waals surface area contributed by atoms with Crippen molar-refractivity contribution >= 4 is 28.6 Å². The monoisotopic (exact) mass is 446 g/mol. The summed E-state index contributed by atoms with van der Waals surface area (Å²) in [6.45, 7) is 5.99. The third-order valence-electron chi connectivity index (χ3n) is 9.12. The lowest BCUT2D eigenvalue weighted by molar-refractivity contribution is -0.181. The molecule has 5 unspecified atom stereocenters. The van der Waals surface area contributed by atoms with Crippen LogP contribution in [0.5, 0.6) is 0 Å². The van der Waals surface area contributed by atoms with E-state index >= 15 is 0 Å². The van der Waals surface area contributed by atoms with E-state index in [1.807, 2.05) is 6.08 Å². The van der Waals surface area contributed by atoms with Crippen LogP contribution in [0.2, 0.25) is 0 Å². The molecular formula is C24H30O6S. The molecule has 0 radical (unpaired) electrons. The van der Waals surface area contributed by atoms with Crippen molar-refractivity contribution in [2.24, 2.45) is 22.7 Å². The van der Waals surface area contributed by atoms with Gasteiger partial charge in [-0.3, -0.25) is 14.4 Å². The minimum Gasteiger partial charge on any atom is -0.449 e. The van der Waals surface area contributed by atoms with Crippen molar-refractivity contribution in [3.8, 4) is 0 Å². The maximum Gasteiger partial charge on any atom is 0.306 e. The number of carbonyl (C=O) groups excluding carboxylic acids is 3. The van der Waals surface area contributed by atoms with Crippen LogP contribution in [-0.4, -0.2) is 45.2 Å². The van der Waals surface area contributed by atoms with Gasteiger partial charge < -0.3 is 14.6 Å². The molecule has 0 bridgehead atoms. The Bertz CT molecular complexity index is 925. The summed E-state index contributed by atoms with van der Waals surface area (Å²) in [5, 5.41) is 9.19. The molecule has 5 rings (SSSR count). The zero-order valence-electron chi connectivity index (χ0n) is 18.3. The zero-order chi connectivity index (χ0) is 22.2. The highest BCUT2D eigenvalue weighted by molar-refractivity contribution is 8.13. The molecule has 0 aromatic carbocycles. The summed E-state index contributed by atoms with van der Waals surface area (Å²) in [5.41, 5.74) is -1.31. The molecule has 7 atom stereocenters. The van der Waals surface area contributed by atoms with Crippen molar-refractivity contribution in [3.63, 3.8) is 0 Å². The van der Waals surface area contributed by atoms with Crippen molar-refractivity contribution < 1.29 is 29.0 Å². The summed E-state index contributed by atoms with van der Waals surface area (Å²) in [5.74, 6) is -0.235. The molecule has 0 amide bonds. The Morgan fingerprint density at radius 1 is 1.32 bits per heavy atom. The van der Waals surface area contributed by atoms with Crippen LogP contribution in [0.1, 0.15) is 59.3 Å². The average Bonchev–Trinajstić information content (AvgIpc) is 3.38. The number of thioether (sulfide) groups is 1. The second-order valence-corrected chi connectivity index (χ2v) is 11.0. The van der Waals surface area contributed by atoms with Crippen LogP contribution >= 0.6 is 11.8 Å². The number of fused-ring (bicyclic) bond motifs is 3. The molecule has 5 aliphatic rings. The number of aliphatic hydroxyl groups excluding tert-OH is 1. The van der Waals surface area contributed by atoms with Crippen molar-refractivity contribution in [3.05, 3.63) is 23.8 Å². The van der Waals surface area contributed by atoms with Gasteiger partial charge in [0, 0.05) is 23.7 Å². The number of allylic oxidation sites excluding steroid dienone is 2. The lowest BCUT2D eigenvalue weighted by Gasteiger charge is -2.55. The van der Waals surface area contributed by atoms with Gasteiger partial charge in [-0.05, 0) is 50.5 Å². The van der Waals surface area contributed by atoms with Gasteiger partial charge in [0.25, 0.3) is 0 Å². The topological polar surface area (TPSA) is 93.2 Å². The summed E-state index contributed by atoms with van der Waals surface area (Å²) in [7, 11) is 0. The summed E-state index contributed by atoms with van der Waals surface area (Å²) in [6.07, 6.45) is 9.24. The van der Waals surface area contributed by atoms with Crippen LogP contribution in [0.4, 0.5) is 0 Å². The largest absolute Gasteiger partial charge is 0.449 e. The second-order valence-electron chi connectivity index (χ2n) is 10.1. The van der Waals surface area contributed by atoms with Gasteiger partial charge in [-0.1, -0.05) is 43.3 Å². The molecule has 0 aromatic heterocycles. The average molecular weight is 447 g/mol. The first-order valence-corrected chi connectivity index (χ1v) is 12.3. The van der Waals surface area contributed by atoms with Gasteiger partial charge >= 0.3 is 5.97 Å². The van der Waals surface area contributed by atoms with Crippen LogP contribution in [0.25, 0.3) is 0 Å². The van der Waals surface area contributed by atoms with Crippen molar-refractivity contribution in [1.29, 1.82) is 0 Å². The first-order valence-electron chi connectivity index (χ1n) is 11.3. The fourth-order valence-electron chi connectivity index (χ4n) is 7.53. The number of carbonyl (C=O) groups is 3. The number of hydrogen-bond donors (Lipinski definition) is 1. The lowest BCUT2D eigenvalue weighted by atomic mass is 9.47. The van der Waals surface area contributed by atoms with Crippen LogP contribution in [0.3, 0.4) is 0 Å². The van der Waals surface area contributed by atoms with E-state index in [9.17, 15) is 19.5 Å². The van der Waals surface area contributed by atoms with Crippen molar-refractivity contribution in [1.82, 2.24) is 0 Å². The third-order valence-corrected chi connectivity index (χ3v) is 9.84. The lowest BCUT2D eigenvalue weighted by Crippen LogP contribution is -2.61. The van der Waals surface area contributed by atoms with E-state index in [0.29, 0.717) is 19.3 Å². The highest BCUT2D eigenvalue weighted by atomic mass is 32.2. The van der Waals surface area contributed by atoms with Crippen LogP contribution < -0.4 is 0 Å². The number of ketones is 1. The fraction of sp³-hybridized carbons (Fsp3) is 0.708. The van der Waals surface area contributed by atoms with Crippen LogP contribution in [0.15, 0.2) is 23.8 Å². The molecule has 1 N–H and O–H groups in total. The molecule has 1 spiro atoms. The molecule has 6 nitrogen and oxygen atoms in total. The maximum atomic E-state index is 13.3. The van der Waals surface area contributed by atoms with E-state index in [-0.39, 0.29) is 58.2 Å². The molecule has 4 aliphatic carbocycles. The Balaban J connectivity index is 1.57. The smallest absolute Gasteiger partial charge is 0.306 e. The SMILES string of the molecule is CCC(=O)OC1(C(=O)SCO)CCC2C3CC=C4CC(=O)C=CC4(C)[C@@]34O[C@H]4CC21C. The highest BCUT2D eigenvalue weighted by Gasteiger charge is 2.81. The summed E-state index contributed by atoms with van der Waals surface area (Å²) in [4.78, 5) is 37.8. The zero-order valence-corrected chi connectivity index (χ0v) is 19.1. The predicted octanol–water partition coefficient (Wildman–Crippen LogP) is 3.33. The predicted molar refractivity (Wildman–Crippen MR) is 115 cm³/mol. The molecule has 3 fully saturated rings. The molecule has 7 heteroatoms. The van der Waals surface area contributed by atoms with E-state index in [1.165, 1.54) is 0 Å². The van der Waals surface area contributed by atoms with E-state index < -0.39 is 11.0 Å². The molecule has 0 aromatic rings. The van der Waals surface area contributed by atoms with Gasteiger partial charge in [0.15, 0.2) is 11.4 Å². The van der Waals surface area contributed by atoms with Gasteiger partial charge in [0.1, 0.15) is 5.60 Å². The Labute approximate surface area is 186 Å². The van der Waals surface area contributed by atoms with E-state index in [1.54, 1.807) is 13.0 Å². The molecule has 1 saturated heterocycles. The Hall–Kier alpha value is -1.44. The second kappa shape index (κ2) is 6.78. The van der Waals surface area contributed by atoms with Crippen LogP contribution in [0, 0.1) is 22.7 Å². The number of aliphatic hydroxyl groups is 1. The standard InChI is InChI=1S/C24H30O6S/c1-4-19(27)30-23(20(28)31-13-25)10-8-16-17-6-5-14-11-15(26)7-9-21(14,2)24(17)18(29-24)12-22(16,23)3/h5,7,9,16-18,25H,4,6,8,10-13H2,1-3H3/t16?,17?,18-,21?,22?,23?,24+/m0/s1. The third kappa shape index (κ3) is 2.51. The number of hydrogen-bond acceptors (Lipinski definition) is 7. The Kier molecular flexibility index (Phi) is 4.68. The van der Waals surface area contributed by atoms with E-state index in [0.717, 1.165) is 30.2 Å². The normalized spacial score (nSPS) is 46.9. The van der Waals surface area contributed by atoms with Crippen molar-refractivity contribution in [2.75, 3.05) is 5.94 Å². The summed E-state index contributed by atoms with van der Waals surface area (Å²) >= 11 is 0.832. The van der Waals surface area contributed by atoms with Gasteiger partial charge in [-0.15, -0.1) is 0 Å². The quantitative estimate of drug-likeness (QED) is 0.306. The van der Waals surface area contributed by atoms with Crippen LogP contribution in [-0.2, 0) is 23.9 Å². The summed E-state index contributed by atoms with van der Waals surface area (Å²) in [6, 6.07) is 0. The van der Waals surface area contributed by atoms with E-state index in [4.69, 9.17) is 9.47 Å². The van der Waals surface area contributed by atoms with Gasteiger partial charge in [-0.25, -0.2) is 0 Å². The molecule has 1 aliphatic heterocycles. The first kappa shape index (κ1) is 21.4. The van der Waals surface area contributed by atoms with Gasteiger partial charge in [0.2, 0.25) is 5.12 Å². The molecule has 168 valence electrons. The minimum atomic E-state index is -1.24. The number of ether oxygens (including phenoxy) is 2. The number of rotatable bonds is 4. The van der Waals surface area contributed by atoms with Gasteiger partial charge in [-0.2, -0.15) is 0 Å². The molecule has 2 saturated carbocycles. The Morgan fingerprint density at radius 2 is 2.10 bits per heavy atom. The maximum absolute atomic E-state index is 13.3. The molecular weight excluding hydrogens is 416 g/mol. The number of esters is 1. The highest BCUT2D eigenvalue weighted by Crippen LogP contribution is 2.76. The Morgan fingerprint density at radius 3 is 2.81 bits per heavy atom. The minimum absolute atomic E-state index is 0.0463.